The molecule has 1 atom stereocenters. The van der Waals surface area contributed by atoms with Crippen LogP contribution in [-0.2, 0) is 22.6 Å². The zero-order chi connectivity index (χ0) is 17.4. The van der Waals surface area contributed by atoms with E-state index in [1.54, 1.807) is 11.1 Å². The first-order valence-electron chi connectivity index (χ1n) is 8.08. The van der Waals surface area contributed by atoms with Gasteiger partial charge in [0, 0.05) is 25.2 Å². The SMILES string of the molecule is CC(=O)N1c2ccccc2C[C@H]1C(=O)NCc1nc2ncccc2[nH]1. The molecule has 7 heteroatoms. The molecule has 2 N–H and O–H groups in total. The molecule has 3 aromatic rings. The smallest absolute Gasteiger partial charge is 0.243 e. The number of benzene rings is 1. The van der Waals surface area contributed by atoms with Crippen molar-refractivity contribution in [1.82, 2.24) is 20.3 Å². The first-order chi connectivity index (χ1) is 12.1. The van der Waals surface area contributed by atoms with Crippen molar-refractivity contribution in [3.63, 3.8) is 0 Å². The van der Waals surface area contributed by atoms with Gasteiger partial charge in [0.05, 0.1) is 12.1 Å². The second-order valence-electron chi connectivity index (χ2n) is 6.01. The quantitative estimate of drug-likeness (QED) is 0.760. The second kappa shape index (κ2) is 6.01. The van der Waals surface area contributed by atoms with E-state index in [9.17, 15) is 9.59 Å². The van der Waals surface area contributed by atoms with Gasteiger partial charge in [0.15, 0.2) is 5.65 Å². The van der Waals surface area contributed by atoms with Crippen molar-refractivity contribution in [3.8, 4) is 0 Å². The third-order valence-electron chi connectivity index (χ3n) is 4.35. The third kappa shape index (κ3) is 2.73. The number of H-pyrrole nitrogens is 1. The lowest BCUT2D eigenvalue weighted by atomic mass is 10.1. The van der Waals surface area contributed by atoms with Gasteiger partial charge in [-0.05, 0) is 23.8 Å². The van der Waals surface area contributed by atoms with E-state index in [1.165, 1.54) is 6.92 Å². The summed E-state index contributed by atoms with van der Waals surface area (Å²) in [6.07, 6.45) is 2.19. The maximum atomic E-state index is 12.7. The number of amides is 2. The summed E-state index contributed by atoms with van der Waals surface area (Å²) in [5.74, 6) is 0.296. The van der Waals surface area contributed by atoms with Crippen LogP contribution in [0.25, 0.3) is 11.2 Å². The van der Waals surface area contributed by atoms with Gasteiger partial charge in [0.1, 0.15) is 11.9 Å². The topological polar surface area (TPSA) is 91.0 Å². The van der Waals surface area contributed by atoms with Gasteiger partial charge in [-0.15, -0.1) is 0 Å². The number of carbonyl (C=O) groups excluding carboxylic acids is 2. The van der Waals surface area contributed by atoms with Crippen molar-refractivity contribution in [2.45, 2.75) is 25.9 Å². The number of aromatic amines is 1. The zero-order valence-corrected chi connectivity index (χ0v) is 13.7. The molecule has 1 aromatic carbocycles. The van der Waals surface area contributed by atoms with E-state index < -0.39 is 6.04 Å². The Balaban J connectivity index is 1.50. The number of anilines is 1. The van der Waals surface area contributed by atoms with Gasteiger partial charge in [0.2, 0.25) is 11.8 Å². The first kappa shape index (κ1) is 15.3. The van der Waals surface area contributed by atoms with E-state index >= 15 is 0 Å². The summed E-state index contributed by atoms with van der Waals surface area (Å²) in [7, 11) is 0. The van der Waals surface area contributed by atoms with Crippen LogP contribution in [0.3, 0.4) is 0 Å². The number of hydrogen-bond acceptors (Lipinski definition) is 4. The van der Waals surface area contributed by atoms with Crippen molar-refractivity contribution < 1.29 is 9.59 Å². The average Bonchev–Trinajstić information content (AvgIpc) is 3.20. The third-order valence-corrected chi connectivity index (χ3v) is 4.35. The van der Waals surface area contributed by atoms with Gasteiger partial charge in [-0.1, -0.05) is 18.2 Å². The van der Waals surface area contributed by atoms with Crippen LogP contribution < -0.4 is 10.2 Å². The molecule has 2 amide bonds. The normalized spacial score (nSPS) is 16.0. The molecule has 126 valence electrons. The van der Waals surface area contributed by atoms with Gasteiger partial charge in [-0.25, -0.2) is 9.97 Å². The number of rotatable bonds is 3. The fraction of sp³-hybridized carbons (Fsp3) is 0.222. The Hall–Kier alpha value is -3.22. The van der Waals surface area contributed by atoms with E-state index in [0.717, 1.165) is 16.8 Å². The molecular weight excluding hydrogens is 318 g/mol. The van der Waals surface area contributed by atoms with Crippen molar-refractivity contribution >= 4 is 28.7 Å². The largest absolute Gasteiger partial charge is 0.347 e. The number of para-hydroxylation sites is 1. The van der Waals surface area contributed by atoms with Crippen molar-refractivity contribution in [1.29, 1.82) is 0 Å². The predicted molar refractivity (Wildman–Crippen MR) is 92.8 cm³/mol. The Bertz CT molecular complexity index is 932. The molecule has 0 spiro atoms. The lowest BCUT2D eigenvalue weighted by Crippen LogP contribution is -2.47. The van der Waals surface area contributed by atoms with Gasteiger partial charge in [0.25, 0.3) is 0 Å². The summed E-state index contributed by atoms with van der Waals surface area (Å²) >= 11 is 0. The molecule has 0 bridgehead atoms. The Morgan fingerprint density at radius 1 is 1.28 bits per heavy atom. The molecule has 4 rings (SSSR count). The Morgan fingerprint density at radius 2 is 2.12 bits per heavy atom. The Kier molecular flexibility index (Phi) is 3.68. The number of pyridine rings is 1. The van der Waals surface area contributed by atoms with E-state index in [4.69, 9.17) is 0 Å². The highest BCUT2D eigenvalue weighted by molar-refractivity contribution is 6.02. The summed E-state index contributed by atoms with van der Waals surface area (Å²) in [5, 5.41) is 2.87. The minimum Gasteiger partial charge on any atom is -0.347 e. The number of fused-ring (bicyclic) bond motifs is 2. The highest BCUT2D eigenvalue weighted by Gasteiger charge is 2.36. The van der Waals surface area contributed by atoms with Crippen LogP contribution >= 0.6 is 0 Å². The summed E-state index contributed by atoms with van der Waals surface area (Å²) < 4.78 is 0. The minimum atomic E-state index is -0.530. The van der Waals surface area contributed by atoms with E-state index in [1.807, 2.05) is 36.4 Å². The molecular formula is C18H17N5O2. The predicted octanol–water partition coefficient (Wildman–Crippen LogP) is 1.55. The lowest BCUT2D eigenvalue weighted by Gasteiger charge is -2.23. The molecule has 1 aliphatic heterocycles. The van der Waals surface area contributed by atoms with Crippen LogP contribution in [0.5, 0.6) is 0 Å². The first-order valence-corrected chi connectivity index (χ1v) is 8.08. The molecule has 0 saturated carbocycles. The van der Waals surface area contributed by atoms with Crippen LogP contribution in [0, 0.1) is 0 Å². The van der Waals surface area contributed by atoms with Crippen LogP contribution in [0.2, 0.25) is 0 Å². The fourth-order valence-electron chi connectivity index (χ4n) is 3.25. The zero-order valence-electron chi connectivity index (χ0n) is 13.7. The highest BCUT2D eigenvalue weighted by atomic mass is 16.2. The Labute approximate surface area is 144 Å². The summed E-state index contributed by atoms with van der Waals surface area (Å²) in [5.41, 5.74) is 3.25. The fourth-order valence-corrected chi connectivity index (χ4v) is 3.25. The highest BCUT2D eigenvalue weighted by Crippen LogP contribution is 2.32. The molecule has 0 unspecified atom stereocenters. The van der Waals surface area contributed by atoms with Crippen molar-refractivity contribution in [2.24, 2.45) is 0 Å². The Morgan fingerprint density at radius 3 is 2.92 bits per heavy atom. The number of aromatic nitrogens is 3. The van der Waals surface area contributed by atoms with Crippen molar-refractivity contribution in [2.75, 3.05) is 4.90 Å². The molecule has 25 heavy (non-hydrogen) atoms. The average molecular weight is 335 g/mol. The number of hydrogen-bond donors (Lipinski definition) is 2. The maximum absolute atomic E-state index is 12.7. The summed E-state index contributed by atoms with van der Waals surface area (Å²) in [6, 6.07) is 10.8. The summed E-state index contributed by atoms with van der Waals surface area (Å²) in [4.78, 5) is 37.9. The molecule has 2 aromatic heterocycles. The van der Waals surface area contributed by atoms with Gasteiger partial charge in [-0.3, -0.25) is 14.5 Å². The number of carbonyl (C=O) groups is 2. The molecule has 3 heterocycles. The lowest BCUT2D eigenvalue weighted by molar-refractivity contribution is -0.125. The standard InChI is InChI=1S/C18H17N5O2/c1-11(24)23-14-7-3-2-5-12(14)9-15(23)18(25)20-10-16-21-13-6-4-8-19-17(13)22-16/h2-8,15H,9-10H2,1H3,(H,20,25)(H,19,21,22)/t15-/m0/s1. The molecule has 0 saturated heterocycles. The number of nitrogens with one attached hydrogen (secondary N) is 2. The number of imidazole rings is 1. The van der Waals surface area contributed by atoms with Gasteiger partial charge in [-0.2, -0.15) is 0 Å². The van der Waals surface area contributed by atoms with E-state index in [-0.39, 0.29) is 18.4 Å². The monoisotopic (exact) mass is 335 g/mol. The number of nitrogens with zero attached hydrogens (tertiary/aromatic N) is 3. The maximum Gasteiger partial charge on any atom is 0.243 e. The van der Waals surface area contributed by atoms with Crippen LogP contribution in [0.15, 0.2) is 42.6 Å². The molecule has 7 nitrogen and oxygen atoms in total. The van der Waals surface area contributed by atoms with Gasteiger partial charge < -0.3 is 10.3 Å². The molecule has 1 aliphatic rings. The van der Waals surface area contributed by atoms with Crippen LogP contribution in [0.4, 0.5) is 5.69 Å². The van der Waals surface area contributed by atoms with Crippen LogP contribution in [0.1, 0.15) is 18.3 Å². The second-order valence-corrected chi connectivity index (χ2v) is 6.01. The molecule has 0 radical (unpaired) electrons. The van der Waals surface area contributed by atoms with Gasteiger partial charge >= 0.3 is 0 Å². The molecule has 0 aliphatic carbocycles. The van der Waals surface area contributed by atoms with E-state index in [0.29, 0.717) is 17.9 Å². The summed E-state index contributed by atoms with van der Waals surface area (Å²) in [6.45, 7) is 1.74. The molecule has 0 fully saturated rings. The minimum absolute atomic E-state index is 0.141. The van der Waals surface area contributed by atoms with E-state index in [2.05, 4.69) is 20.3 Å². The van der Waals surface area contributed by atoms with Crippen molar-refractivity contribution in [3.05, 3.63) is 54.0 Å². The van der Waals surface area contributed by atoms with Crippen LogP contribution in [-0.4, -0.2) is 32.8 Å².